The van der Waals surface area contributed by atoms with E-state index in [9.17, 15) is 14.4 Å². The van der Waals surface area contributed by atoms with Crippen LogP contribution in [-0.2, 0) is 22.6 Å². The maximum Gasteiger partial charge on any atom is 0.251 e. The standard InChI is InChI=1S/C19H20BrN3O3S/c20-15-3-1-2-13(10-15)19(26)22-11-17(24)21-7-4-18(25)23-8-5-16-14(12-23)6-9-27-16/h1-3,6,9-10H,4-5,7-8,11-12H2,(H,21,24)(H,22,26). The van der Waals surface area contributed by atoms with E-state index in [4.69, 9.17) is 0 Å². The molecule has 142 valence electrons. The van der Waals surface area contributed by atoms with E-state index in [1.165, 1.54) is 10.4 Å². The lowest BCUT2D eigenvalue weighted by molar-refractivity contribution is -0.132. The van der Waals surface area contributed by atoms with Crippen LogP contribution in [0.15, 0.2) is 40.2 Å². The van der Waals surface area contributed by atoms with Crippen LogP contribution < -0.4 is 10.6 Å². The number of benzene rings is 1. The average Bonchev–Trinajstić information content (AvgIpc) is 3.13. The van der Waals surface area contributed by atoms with Crippen LogP contribution in [0.4, 0.5) is 0 Å². The summed E-state index contributed by atoms with van der Waals surface area (Å²) >= 11 is 5.04. The van der Waals surface area contributed by atoms with Crippen LogP contribution in [0.25, 0.3) is 0 Å². The first-order chi connectivity index (χ1) is 13.0. The molecule has 2 N–H and O–H groups in total. The Hall–Kier alpha value is -2.19. The highest BCUT2D eigenvalue weighted by Gasteiger charge is 2.21. The number of rotatable bonds is 6. The van der Waals surface area contributed by atoms with Crippen molar-refractivity contribution in [3.8, 4) is 0 Å². The summed E-state index contributed by atoms with van der Waals surface area (Å²) < 4.78 is 0.797. The molecule has 0 atom stereocenters. The molecule has 0 saturated carbocycles. The van der Waals surface area contributed by atoms with Gasteiger partial charge < -0.3 is 15.5 Å². The number of hydrogen-bond donors (Lipinski definition) is 2. The molecule has 0 fully saturated rings. The van der Waals surface area contributed by atoms with Crippen LogP contribution in [0.5, 0.6) is 0 Å². The van der Waals surface area contributed by atoms with Gasteiger partial charge in [0.05, 0.1) is 6.54 Å². The number of carbonyl (C=O) groups is 3. The Bertz CT molecular complexity index is 852. The number of nitrogens with zero attached hydrogens (tertiary/aromatic N) is 1. The van der Waals surface area contributed by atoms with Gasteiger partial charge in [-0.15, -0.1) is 11.3 Å². The Labute approximate surface area is 170 Å². The molecule has 2 aromatic rings. The summed E-state index contributed by atoms with van der Waals surface area (Å²) in [7, 11) is 0. The molecule has 1 aliphatic heterocycles. The predicted octanol–water partition coefficient (Wildman–Crippen LogP) is 2.33. The Kier molecular flexibility index (Phi) is 6.63. The van der Waals surface area contributed by atoms with Crippen LogP contribution in [0.2, 0.25) is 0 Å². The summed E-state index contributed by atoms with van der Waals surface area (Å²) in [6.45, 7) is 1.51. The van der Waals surface area contributed by atoms with Crippen LogP contribution >= 0.6 is 27.3 Å². The van der Waals surface area contributed by atoms with Gasteiger partial charge in [0.1, 0.15) is 0 Å². The first kappa shape index (κ1) is 19.6. The van der Waals surface area contributed by atoms with Crippen LogP contribution in [0.1, 0.15) is 27.2 Å². The predicted molar refractivity (Wildman–Crippen MR) is 108 cm³/mol. The summed E-state index contributed by atoms with van der Waals surface area (Å²) in [6, 6.07) is 9.00. The highest BCUT2D eigenvalue weighted by atomic mass is 79.9. The third kappa shape index (κ3) is 5.40. The van der Waals surface area contributed by atoms with E-state index in [0.29, 0.717) is 12.1 Å². The maximum atomic E-state index is 12.3. The van der Waals surface area contributed by atoms with E-state index in [1.54, 1.807) is 29.5 Å². The number of fused-ring (bicyclic) bond motifs is 1. The van der Waals surface area contributed by atoms with Gasteiger partial charge in [0.15, 0.2) is 0 Å². The molecule has 8 heteroatoms. The zero-order valence-corrected chi connectivity index (χ0v) is 17.1. The van der Waals surface area contributed by atoms with E-state index < -0.39 is 0 Å². The van der Waals surface area contributed by atoms with Gasteiger partial charge >= 0.3 is 0 Å². The van der Waals surface area contributed by atoms with Crippen LogP contribution in [0.3, 0.4) is 0 Å². The Balaban J connectivity index is 1.36. The average molecular weight is 450 g/mol. The van der Waals surface area contributed by atoms with Crippen molar-refractivity contribution in [1.82, 2.24) is 15.5 Å². The minimum atomic E-state index is -0.317. The Morgan fingerprint density at radius 3 is 2.85 bits per heavy atom. The fourth-order valence-corrected chi connectivity index (χ4v) is 4.17. The van der Waals surface area contributed by atoms with Gasteiger partial charge in [0.2, 0.25) is 11.8 Å². The minimum absolute atomic E-state index is 0.0327. The van der Waals surface area contributed by atoms with Gasteiger partial charge in [-0.25, -0.2) is 0 Å². The molecule has 0 radical (unpaired) electrons. The van der Waals surface area contributed by atoms with Crippen molar-refractivity contribution < 1.29 is 14.4 Å². The zero-order chi connectivity index (χ0) is 19.2. The monoisotopic (exact) mass is 449 g/mol. The van der Waals surface area contributed by atoms with Crippen molar-refractivity contribution in [2.24, 2.45) is 0 Å². The molecular formula is C19H20BrN3O3S. The first-order valence-corrected chi connectivity index (χ1v) is 10.3. The zero-order valence-electron chi connectivity index (χ0n) is 14.7. The molecule has 0 spiro atoms. The van der Waals surface area contributed by atoms with Gasteiger partial charge in [0, 0.05) is 41.0 Å². The molecule has 6 nitrogen and oxygen atoms in total. The third-order valence-electron chi connectivity index (χ3n) is 4.32. The van der Waals surface area contributed by atoms with Crippen molar-refractivity contribution in [2.45, 2.75) is 19.4 Å². The van der Waals surface area contributed by atoms with Crippen LogP contribution in [0, 0.1) is 0 Å². The molecule has 1 aromatic carbocycles. The second kappa shape index (κ2) is 9.14. The maximum absolute atomic E-state index is 12.3. The lowest BCUT2D eigenvalue weighted by Crippen LogP contribution is -2.40. The lowest BCUT2D eigenvalue weighted by atomic mass is 10.1. The molecule has 3 amide bonds. The highest BCUT2D eigenvalue weighted by Crippen LogP contribution is 2.24. The van der Waals surface area contributed by atoms with Crippen molar-refractivity contribution >= 4 is 45.0 Å². The van der Waals surface area contributed by atoms with Gasteiger partial charge in [0.25, 0.3) is 5.91 Å². The topological polar surface area (TPSA) is 78.5 Å². The van der Waals surface area contributed by atoms with Gasteiger partial charge in [-0.05, 0) is 41.6 Å². The Morgan fingerprint density at radius 2 is 2.04 bits per heavy atom. The molecule has 0 unspecified atom stereocenters. The highest BCUT2D eigenvalue weighted by molar-refractivity contribution is 9.10. The lowest BCUT2D eigenvalue weighted by Gasteiger charge is -2.27. The molecule has 0 aliphatic carbocycles. The van der Waals surface area contributed by atoms with Crippen molar-refractivity contribution in [2.75, 3.05) is 19.6 Å². The number of thiophene rings is 1. The smallest absolute Gasteiger partial charge is 0.251 e. The molecule has 3 rings (SSSR count). The summed E-state index contributed by atoms with van der Waals surface area (Å²) in [6.07, 6.45) is 1.15. The SMILES string of the molecule is O=C(CNC(=O)c1cccc(Br)c1)NCCC(=O)N1CCc2sccc2C1. The van der Waals surface area contributed by atoms with Crippen molar-refractivity contribution in [3.63, 3.8) is 0 Å². The fourth-order valence-electron chi connectivity index (χ4n) is 2.88. The van der Waals surface area contributed by atoms with Gasteiger partial charge in [-0.1, -0.05) is 22.0 Å². The summed E-state index contributed by atoms with van der Waals surface area (Å²) in [5.74, 6) is -0.599. The van der Waals surface area contributed by atoms with Crippen molar-refractivity contribution in [3.05, 3.63) is 56.2 Å². The number of hydrogen-bond acceptors (Lipinski definition) is 4. The van der Waals surface area contributed by atoms with Gasteiger partial charge in [-0.2, -0.15) is 0 Å². The molecule has 1 aromatic heterocycles. The number of carbonyl (C=O) groups excluding carboxylic acids is 3. The van der Waals surface area contributed by atoms with E-state index in [1.807, 2.05) is 11.0 Å². The number of nitrogens with one attached hydrogen (secondary N) is 2. The fraction of sp³-hybridized carbons (Fsp3) is 0.316. The second-order valence-corrected chi connectivity index (χ2v) is 8.14. The summed E-state index contributed by atoms with van der Waals surface area (Å²) in [4.78, 5) is 39.4. The summed E-state index contributed by atoms with van der Waals surface area (Å²) in [5.41, 5.74) is 1.70. The van der Waals surface area contributed by atoms with E-state index in [0.717, 1.165) is 17.4 Å². The second-order valence-electron chi connectivity index (χ2n) is 6.23. The first-order valence-electron chi connectivity index (χ1n) is 8.66. The quantitative estimate of drug-likeness (QED) is 0.709. The molecule has 1 aliphatic rings. The van der Waals surface area contributed by atoms with Crippen molar-refractivity contribution in [1.29, 1.82) is 0 Å². The molecule has 2 heterocycles. The van der Waals surface area contributed by atoms with E-state index in [2.05, 4.69) is 38.0 Å². The van der Waals surface area contributed by atoms with Gasteiger partial charge in [-0.3, -0.25) is 14.4 Å². The van der Waals surface area contributed by atoms with Crippen LogP contribution in [-0.4, -0.2) is 42.3 Å². The molecule has 27 heavy (non-hydrogen) atoms. The number of amides is 3. The molecule has 0 saturated heterocycles. The van der Waals surface area contributed by atoms with E-state index >= 15 is 0 Å². The number of halogens is 1. The Morgan fingerprint density at radius 1 is 1.19 bits per heavy atom. The molecule has 0 bridgehead atoms. The third-order valence-corrected chi connectivity index (χ3v) is 5.83. The summed E-state index contributed by atoms with van der Waals surface area (Å²) in [5, 5.41) is 7.30. The normalized spacial score (nSPS) is 13.0. The minimum Gasteiger partial charge on any atom is -0.354 e. The molecular weight excluding hydrogens is 430 g/mol. The van der Waals surface area contributed by atoms with E-state index in [-0.39, 0.29) is 37.2 Å². The largest absolute Gasteiger partial charge is 0.354 e.